The van der Waals surface area contributed by atoms with Crippen LogP contribution in [0, 0.1) is 0 Å². The molecule has 1 amide bonds. The Hall–Kier alpha value is -1.67. The molecule has 5 rings (SSSR count). The van der Waals surface area contributed by atoms with Crippen LogP contribution in [0.4, 0.5) is 0 Å². The van der Waals surface area contributed by atoms with Crippen molar-refractivity contribution in [1.29, 1.82) is 0 Å². The molecule has 3 aromatic rings. The molecular formula is C23H31N5OS2. The lowest BCUT2D eigenvalue weighted by Gasteiger charge is -2.39. The lowest BCUT2D eigenvalue weighted by molar-refractivity contribution is -0.134. The maximum absolute atomic E-state index is 13.1. The Kier molecular flexibility index (Phi) is 5.71. The van der Waals surface area contributed by atoms with Crippen molar-refractivity contribution in [2.45, 2.75) is 95.8 Å². The fourth-order valence-electron chi connectivity index (χ4n) is 5.25. The molecule has 2 atom stereocenters. The van der Waals surface area contributed by atoms with Crippen LogP contribution < -0.4 is 0 Å². The highest BCUT2D eigenvalue weighted by molar-refractivity contribution is 7.99. The van der Waals surface area contributed by atoms with Crippen LogP contribution >= 0.6 is 23.1 Å². The first kappa shape index (κ1) is 21.2. The number of rotatable bonds is 4. The van der Waals surface area contributed by atoms with Gasteiger partial charge in [-0.3, -0.25) is 9.20 Å². The first-order valence-corrected chi connectivity index (χ1v) is 13.4. The van der Waals surface area contributed by atoms with Gasteiger partial charge in [0.05, 0.1) is 11.1 Å². The van der Waals surface area contributed by atoms with Gasteiger partial charge in [0.25, 0.3) is 0 Å². The molecule has 0 aromatic carbocycles. The quantitative estimate of drug-likeness (QED) is 0.503. The SMILES string of the molecule is CC(C)c1nc2sc3c(c2c2nnc(SCC(=O)N4[C@@H](C)CCC[C@@H]4C)n12)CCCC3. The second-order valence-electron chi connectivity index (χ2n) is 9.38. The molecule has 1 fully saturated rings. The average Bonchev–Trinajstić information content (AvgIpc) is 3.32. The number of piperidine rings is 1. The molecule has 6 nitrogen and oxygen atoms in total. The zero-order chi connectivity index (χ0) is 21.7. The van der Waals surface area contributed by atoms with E-state index in [2.05, 4.69) is 47.2 Å². The van der Waals surface area contributed by atoms with E-state index < -0.39 is 0 Å². The van der Waals surface area contributed by atoms with Gasteiger partial charge in [-0.1, -0.05) is 25.6 Å². The minimum Gasteiger partial charge on any atom is -0.337 e. The predicted molar refractivity (Wildman–Crippen MR) is 127 cm³/mol. The molecule has 0 N–H and O–H groups in total. The van der Waals surface area contributed by atoms with Crippen molar-refractivity contribution in [2.75, 3.05) is 5.75 Å². The summed E-state index contributed by atoms with van der Waals surface area (Å²) in [5, 5.41) is 11.1. The van der Waals surface area contributed by atoms with E-state index in [1.54, 1.807) is 0 Å². The molecule has 0 spiro atoms. The van der Waals surface area contributed by atoms with E-state index in [4.69, 9.17) is 4.98 Å². The lowest BCUT2D eigenvalue weighted by Crippen LogP contribution is -2.48. The predicted octanol–water partition coefficient (Wildman–Crippen LogP) is 5.22. The van der Waals surface area contributed by atoms with Crippen molar-refractivity contribution < 1.29 is 4.79 Å². The van der Waals surface area contributed by atoms with Gasteiger partial charge >= 0.3 is 0 Å². The molecular weight excluding hydrogens is 426 g/mol. The standard InChI is InChI=1S/C23H31N5OS2/c1-13(2)20-24-22-19(16-10-5-6-11-17(16)31-22)21-25-26-23(28(20)21)30-12-18(29)27-14(3)8-7-9-15(27)4/h13-15H,5-12H2,1-4H3/t14-,15-/m0/s1. The second kappa shape index (κ2) is 8.35. The van der Waals surface area contributed by atoms with Gasteiger partial charge in [0.2, 0.25) is 5.91 Å². The number of carbonyl (C=O) groups excluding carboxylic acids is 1. The Morgan fingerprint density at radius 2 is 1.87 bits per heavy atom. The van der Waals surface area contributed by atoms with E-state index >= 15 is 0 Å². The summed E-state index contributed by atoms with van der Waals surface area (Å²) in [4.78, 5) is 22.8. The number of aromatic nitrogens is 4. The van der Waals surface area contributed by atoms with Crippen molar-refractivity contribution in [2.24, 2.45) is 0 Å². The van der Waals surface area contributed by atoms with E-state index in [0.29, 0.717) is 17.8 Å². The Labute approximate surface area is 191 Å². The summed E-state index contributed by atoms with van der Waals surface area (Å²) in [6.07, 6.45) is 8.14. The maximum atomic E-state index is 13.1. The van der Waals surface area contributed by atoms with Gasteiger partial charge < -0.3 is 4.90 Å². The number of fused-ring (bicyclic) bond motifs is 5. The van der Waals surface area contributed by atoms with Gasteiger partial charge in [0.1, 0.15) is 10.7 Å². The van der Waals surface area contributed by atoms with E-state index in [1.807, 2.05) is 11.3 Å². The van der Waals surface area contributed by atoms with Gasteiger partial charge in [-0.2, -0.15) is 0 Å². The van der Waals surface area contributed by atoms with Crippen molar-refractivity contribution in [3.05, 3.63) is 16.3 Å². The zero-order valence-electron chi connectivity index (χ0n) is 18.8. The summed E-state index contributed by atoms with van der Waals surface area (Å²) < 4.78 is 2.12. The topological polar surface area (TPSA) is 63.4 Å². The van der Waals surface area contributed by atoms with Crippen LogP contribution in [-0.4, -0.2) is 48.2 Å². The number of likely N-dealkylation sites (tertiary alicyclic amines) is 1. The van der Waals surface area contributed by atoms with Crippen molar-refractivity contribution >= 4 is 44.9 Å². The summed E-state index contributed by atoms with van der Waals surface area (Å²) in [6, 6.07) is 0.633. The summed E-state index contributed by atoms with van der Waals surface area (Å²) in [5.74, 6) is 1.83. The molecule has 1 aliphatic heterocycles. The highest BCUT2D eigenvalue weighted by Gasteiger charge is 2.30. The van der Waals surface area contributed by atoms with Crippen LogP contribution in [-0.2, 0) is 17.6 Å². The zero-order valence-corrected chi connectivity index (χ0v) is 20.5. The number of nitrogens with zero attached hydrogens (tertiary/aromatic N) is 5. The number of amides is 1. The van der Waals surface area contributed by atoms with Gasteiger partial charge in [-0.25, -0.2) is 4.98 Å². The number of carbonyl (C=O) groups is 1. The number of hydrogen-bond donors (Lipinski definition) is 0. The fraction of sp³-hybridized carbons (Fsp3) is 0.652. The van der Waals surface area contributed by atoms with E-state index in [9.17, 15) is 4.79 Å². The normalized spacial score (nSPS) is 21.9. The molecule has 1 saturated heterocycles. The Morgan fingerprint density at radius 1 is 1.13 bits per heavy atom. The van der Waals surface area contributed by atoms with Crippen LogP contribution in [0.25, 0.3) is 15.9 Å². The third-order valence-electron chi connectivity index (χ3n) is 6.78. The van der Waals surface area contributed by atoms with E-state index in [0.717, 1.165) is 47.1 Å². The number of hydrogen-bond acceptors (Lipinski definition) is 6. The van der Waals surface area contributed by atoms with Crippen LogP contribution in [0.1, 0.15) is 82.0 Å². The third-order valence-corrected chi connectivity index (χ3v) is 8.88. The molecule has 0 unspecified atom stereocenters. The lowest BCUT2D eigenvalue weighted by atomic mass is 9.97. The molecule has 0 radical (unpaired) electrons. The third kappa shape index (κ3) is 3.65. The summed E-state index contributed by atoms with van der Waals surface area (Å²) in [5.41, 5.74) is 2.35. The van der Waals surface area contributed by atoms with E-state index in [-0.39, 0.29) is 11.8 Å². The first-order valence-electron chi connectivity index (χ1n) is 11.6. The van der Waals surface area contributed by atoms with Crippen LogP contribution in [0.5, 0.6) is 0 Å². The van der Waals surface area contributed by atoms with Crippen molar-refractivity contribution in [3.63, 3.8) is 0 Å². The van der Waals surface area contributed by atoms with Gasteiger partial charge in [-0.15, -0.1) is 21.5 Å². The molecule has 2 aliphatic rings. The number of thioether (sulfide) groups is 1. The van der Waals surface area contributed by atoms with E-state index in [1.165, 1.54) is 46.9 Å². The smallest absolute Gasteiger partial charge is 0.233 e. The van der Waals surface area contributed by atoms with Gasteiger partial charge in [0, 0.05) is 22.9 Å². The number of thiophene rings is 1. The molecule has 31 heavy (non-hydrogen) atoms. The van der Waals surface area contributed by atoms with Gasteiger partial charge in [-0.05, 0) is 64.4 Å². The monoisotopic (exact) mass is 457 g/mol. The minimum absolute atomic E-state index is 0.203. The average molecular weight is 458 g/mol. The summed E-state index contributed by atoms with van der Waals surface area (Å²) >= 11 is 3.34. The summed E-state index contributed by atoms with van der Waals surface area (Å²) in [7, 11) is 0. The summed E-state index contributed by atoms with van der Waals surface area (Å²) in [6.45, 7) is 8.67. The molecule has 1 aliphatic carbocycles. The maximum Gasteiger partial charge on any atom is 0.233 e. The Bertz CT molecular complexity index is 1120. The molecule has 0 saturated carbocycles. The molecule has 0 bridgehead atoms. The van der Waals surface area contributed by atoms with Crippen molar-refractivity contribution in [1.82, 2.24) is 24.5 Å². The second-order valence-corrected chi connectivity index (χ2v) is 11.4. The fourth-order valence-corrected chi connectivity index (χ4v) is 7.32. The largest absolute Gasteiger partial charge is 0.337 e. The van der Waals surface area contributed by atoms with Crippen LogP contribution in [0.3, 0.4) is 0 Å². The first-order chi connectivity index (χ1) is 15.0. The molecule has 4 heterocycles. The Morgan fingerprint density at radius 3 is 2.61 bits per heavy atom. The molecule has 3 aromatic heterocycles. The minimum atomic E-state index is 0.203. The highest BCUT2D eigenvalue weighted by atomic mass is 32.2. The molecule has 8 heteroatoms. The highest BCUT2D eigenvalue weighted by Crippen LogP contribution is 2.39. The van der Waals surface area contributed by atoms with Gasteiger partial charge in [0.15, 0.2) is 10.8 Å². The number of aryl methyl sites for hydroxylation is 2. The van der Waals surface area contributed by atoms with Crippen LogP contribution in [0.2, 0.25) is 0 Å². The van der Waals surface area contributed by atoms with Crippen molar-refractivity contribution in [3.8, 4) is 0 Å². The molecule has 166 valence electrons. The van der Waals surface area contributed by atoms with Crippen LogP contribution in [0.15, 0.2) is 5.16 Å². The Balaban J connectivity index is 1.51.